The molecule has 0 saturated heterocycles. The van der Waals surface area contributed by atoms with Crippen molar-refractivity contribution in [3.05, 3.63) is 11.0 Å². The molecule has 0 aromatic carbocycles. The van der Waals surface area contributed by atoms with Gasteiger partial charge in [-0.25, -0.2) is 0 Å². The van der Waals surface area contributed by atoms with E-state index in [1.165, 1.54) is 22.7 Å². The standard InChI is InChI=1S/C12H19N3O3S/c1-3-15-10(16)6-9(12(15)18)19-5-4-14-11(17)8(2)7-13/h6,8H,3-5,7,13H2,1-2H3,(H,14,17). The SMILES string of the molecule is CCN1C(=O)C=C(SCCNC(=O)C(C)CN)C1=O. The van der Waals surface area contributed by atoms with Gasteiger partial charge < -0.3 is 11.1 Å². The second kappa shape index (κ2) is 7.30. The zero-order valence-corrected chi connectivity index (χ0v) is 12.0. The monoisotopic (exact) mass is 285 g/mol. The number of amides is 3. The number of rotatable bonds is 7. The van der Waals surface area contributed by atoms with Gasteiger partial charge in [-0.2, -0.15) is 0 Å². The smallest absolute Gasteiger partial charge is 0.267 e. The summed E-state index contributed by atoms with van der Waals surface area (Å²) in [7, 11) is 0. The summed E-state index contributed by atoms with van der Waals surface area (Å²) in [5.74, 6) is -0.281. The molecule has 3 amide bonds. The second-order valence-electron chi connectivity index (χ2n) is 4.17. The minimum absolute atomic E-state index is 0.0962. The molecular weight excluding hydrogens is 266 g/mol. The predicted octanol–water partition coefficient (Wildman–Crippen LogP) is -0.297. The molecule has 0 radical (unpaired) electrons. The fourth-order valence-corrected chi connectivity index (χ4v) is 2.35. The van der Waals surface area contributed by atoms with Crippen LogP contribution in [0.1, 0.15) is 13.8 Å². The van der Waals surface area contributed by atoms with Crippen LogP contribution in [0.2, 0.25) is 0 Å². The number of hydrogen-bond donors (Lipinski definition) is 2. The van der Waals surface area contributed by atoms with Crippen molar-refractivity contribution in [3.8, 4) is 0 Å². The zero-order chi connectivity index (χ0) is 14.4. The number of carbonyl (C=O) groups is 3. The molecule has 0 spiro atoms. The van der Waals surface area contributed by atoms with Crippen LogP contribution >= 0.6 is 11.8 Å². The van der Waals surface area contributed by atoms with E-state index >= 15 is 0 Å². The number of nitrogens with two attached hydrogens (primary N) is 1. The maximum atomic E-state index is 11.7. The average molecular weight is 285 g/mol. The molecule has 1 atom stereocenters. The number of hydrogen-bond acceptors (Lipinski definition) is 5. The van der Waals surface area contributed by atoms with E-state index < -0.39 is 0 Å². The summed E-state index contributed by atoms with van der Waals surface area (Å²) >= 11 is 1.28. The minimum Gasteiger partial charge on any atom is -0.355 e. The van der Waals surface area contributed by atoms with Crippen molar-refractivity contribution in [3.63, 3.8) is 0 Å². The summed E-state index contributed by atoms with van der Waals surface area (Å²) in [6.07, 6.45) is 1.35. The molecule has 0 aliphatic carbocycles. The summed E-state index contributed by atoms with van der Waals surface area (Å²) in [5.41, 5.74) is 5.38. The summed E-state index contributed by atoms with van der Waals surface area (Å²) < 4.78 is 0. The van der Waals surface area contributed by atoms with Crippen molar-refractivity contribution in [2.24, 2.45) is 11.7 Å². The maximum absolute atomic E-state index is 11.7. The largest absolute Gasteiger partial charge is 0.355 e. The van der Waals surface area contributed by atoms with Crippen LogP contribution in [0.5, 0.6) is 0 Å². The van der Waals surface area contributed by atoms with E-state index in [0.717, 1.165) is 0 Å². The van der Waals surface area contributed by atoms with Gasteiger partial charge in [-0.3, -0.25) is 19.3 Å². The molecule has 1 aliphatic rings. The van der Waals surface area contributed by atoms with E-state index in [4.69, 9.17) is 5.73 Å². The quantitative estimate of drug-likeness (QED) is 0.495. The zero-order valence-electron chi connectivity index (χ0n) is 11.1. The van der Waals surface area contributed by atoms with Gasteiger partial charge in [-0.1, -0.05) is 6.92 Å². The molecule has 0 aromatic heterocycles. The second-order valence-corrected chi connectivity index (χ2v) is 5.31. The number of likely N-dealkylation sites (N-methyl/N-ethyl adjacent to an activating group) is 1. The Morgan fingerprint density at radius 1 is 1.53 bits per heavy atom. The van der Waals surface area contributed by atoms with Crippen LogP contribution in [-0.2, 0) is 14.4 Å². The molecule has 3 N–H and O–H groups in total. The lowest BCUT2D eigenvalue weighted by Crippen LogP contribution is -2.34. The number of thioether (sulfide) groups is 1. The fourth-order valence-electron chi connectivity index (χ4n) is 1.50. The van der Waals surface area contributed by atoms with E-state index in [1.807, 2.05) is 0 Å². The Hall–Kier alpha value is -1.34. The Morgan fingerprint density at radius 3 is 2.74 bits per heavy atom. The van der Waals surface area contributed by atoms with Gasteiger partial charge in [-0.15, -0.1) is 11.8 Å². The molecule has 1 unspecified atom stereocenters. The lowest BCUT2D eigenvalue weighted by Gasteiger charge is -2.11. The number of imide groups is 1. The Labute approximate surface area is 116 Å². The molecular formula is C12H19N3O3S. The molecule has 6 nitrogen and oxygen atoms in total. The topological polar surface area (TPSA) is 92.5 Å². The third-order valence-corrected chi connectivity index (χ3v) is 3.76. The Bertz CT molecular complexity index is 409. The highest BCUT2D eigenvalue weighted by molar-refractivity contribution is 8.04. The predicted molar refractivity (Wildman–Crippen MR) is 74.2 cm³/mol. The van der Waals surface area contributed by atoms with Crippen molar-refractivity contribution in [1.29, 1.82) is 0 Å². The van der Waals surface area contributed by atoms with Crippen molar-refractivity contribution in [2.45, 2.75) is 13.8 Å². The Kier molecular flexibility index (Phi) is 6.04. The van der Waals surface area contributed by atoms with Crippen molar-refractivity contribution in [1.82, 2.24) is 10.2 Å². The third kappa shape index (κ3) is 4.07. The van der Waals surface area contributed by atoms with Crippen LogP contribution in [-0.4, -0.2) is 48.0 Å². The molecule has 0 aromatic rings. The minimum atomic E-state index is -0.268. The summed E-state index contributed by atoms with van der Waals surface area (Å²) in [6.45, 7) is 4.64. The third-order valence-electron chi connectivity index (χ3n) is 2.75. The molecule has 106 valence electrons. The van der Waals surface area contributed by atoms with Gasteiger partial charge in [0.15, 0.2) is 0 Å². The lowest BCUT2D eigenvalue weighted by molar-refractivity contribution is -0.136. The molecule has 0 fully saturated rings. The number of nitrogens with one attached hydrogen (secondary N) is 1. The van der Waals surface area contributed by atoms with Crippen LogP contribution in [0, 0.1) is 5.92 Å². The first-order chi connectivity index (χ1) is 9.01. The van der Waals surface area contributed by atoms with Crippen LogP contribution in [0.4, 0.5) is 0 Å². The first-order valence-corrected chi connectivity index (χ1v) is 7.17. The van der Waals surface area contributed by atoms with E-state index in [9.17, 15) is 14.4 Å². The Morgan fingerprint density at radius 2 is 2.21 bits per heavy atom. The van der Waals surface area contributed by atoms with Gasteiger partial charge in [-0.05, 0) is 6.92 Å². The molecule has 19 heavy (non-hydrogen) atoms. The van der Waals surface area contributed by atoms with Crippen LogP contribution in [0.3, 0.4) is 0 Å². The molecule has 0 saturated carbocycles. The van der Waals surface area contributed by atoms with Gasteiger partial charge in [0, 0.05) is 37.4 Å². The number of nitrogens with zero attached hydrogens (tertiary/aromatic N) is 1. The molecule has 7 heteroatoms. The highest BCUT2D eigenvalue weighted by Gasteiger charge is 2.29. The molecule has 0 bridgehead atoms. The number of carbonyl (C=O) groups excluding carboxylic acids is 3. The summed E-state index contributed by atoms with van der Waals surface area (Å²) in [6, 6.07) is 0. The van der Waals surface area contributed by atoms with Gasteiger partial charge >= 0.3 is 0 Å². The van der Waals surface area contributed by atoms with E-state index in [1.54, 1.807) is 13.8 Å². The van der Waals surface area contributed by atoms with E-state index in [-0.39, 0.29) is 23.6 Å². The highest BCUT2D eigenvalue weighted by atomic mass is 32.2. The fraction of sp³-hybridized carbons (Fsp3) is 0.583. The van der Waals surface area contributed by atoms with Crippen LogP contribution in [0.15, 0.2) is 11.0 Å². The molecule has 1 rings (SSSR count). The van der Waals surface area contributed by atoms with Gasteiger partial charge in [0.05, 0.1) is 4.91 Å². The first kappa shape index (κ1) is 15.7. The van der Waals surface area contributed by atoms with Gasteiger partial charge in [0.1, 0.15) is 0 Å². The molecule has 1 aliphatic heterocycles. The van der Waals surface area contributed by atoms with Crippen LogP contribution < -0.4 is 11.1 Å². The highest BCUT2D eigenvalue weighted by Crippen LogP contribution is 2.23. The molecule has 1 heterocycles. The summed E-state index contributed by atoms with van der Waals surface area (Å²) in [5, 5.41) is 2.73. The van der Waals surface area contributed by atoms with E-state index in [0.29, 0.717) is 30.3 Å². The normalized spacial score (nSPS) is 16.6. The Balaban J connectivity index is 2.31. The lowest BCUT2D eigenvalue weighted by atomic mass is 10.2. The average Bonchev–Trinajstić information content (AvgIpc) is 2.67. The summed E-state index contributed by atoms with van der Waals surface area (Å²) in [4.78, 5) is 36.2. The van der Waals surface area contributed by atoms with Gasteiger partial charge in [0.2, 0.25) is 5.91 Å². The van der Waals surface area contributed by atoms with Crippen molar-refractivity contribution >= 4 is 29.5 Å². The maximum Gasteiger partial charge on any atom is 0.267 e. The van der Waals surface area contributed by atoms with Crippen LogP contribution in [0.25, 0.3) is 0 Å². The van der Waals surface area contributed by atoms with Gasteiger partial charge in [0.25, 0.3) is 11.8 Å². The first-order valence-electron chi connectivity index (χ1n) is 6.19. The van der Waals surface area contributed by atoms with E-state index in [2.05, 4.69) is 5.32 Å². The van der Waals surface area contributed by atoms with Crippen molar-refractivity contribution in [2.75, 3.05) is 25.4 Å². The van der Waals surface area contributed by atoms with Crippen molar-refractivity contribution < 1.29 is 14.4 Å².